The van der Waals surface area contributed by atoms with Crippen LogP contribution in [0.3, 0.4) is 0 Å². The van der Waals surface area contributed by atoms with Gasteiger partial charge < -0.3 is 10.8 Å². The lowest BCUT2D eigenvalue weighted by Crippen LogP contribution is -2.05. The van der Waals surface area contributed by atoms with E-state index in [0.29, 0.717) is 26.7 Å². The van der Waals surface area contributed by atoms with Gasteiger partial charge in [-0.05, 0) is 23.8 Å². The summed E-state index contributed by atoms with van der Waals surface area (Å²) in [7, 11) is 0. The Kier molecular flexibility index (Phi) is 4.38. The van der Waals surface area contributed by atoms with Crippen LogP contribution in [-0.2, 0) is 11.2 Å². The Labute approximate surface area is 130 Å². The van der Waals surface area contributed by atoms with Crippen molar-refractivity contribution in [3.05, 3.63) is 45.0 Å². The molecular formula is C13H9Cl3N2O2. The average Bonchev–Trinajstić information content (AvgIpc) is 2.37. The number of nitrogen functional groups attached to an aromatic ring is 1. The average molecular weight is 332 g/mol. The second-order valence-corrected chi connectivity index (χ2v) is 5.21. The summed E-state index contributed by atoms with van der Waals surface area (Å²) >= 11 is 18.3. The molecule has 2 aromatic rings. The molecule has 0 aliphatic heterocycles. The van der Waals surface area contributed by atoms with Gasteiger partial charge in [0, 0.05) is 17.3 Å². The van der Waals surface area contributed by atoms with Crippen molar-refractivity contribution in [2.75, 3.05) is 5.73 Å². The second-order valence-electron chi connectivity index (χ2n) is 4.02. The van der Waals surface area contributed by atoms with E-state index in [4.69, 9.17) is 45.6 Å². The number of nitrogens with two attached hydrogens (primary N) is 1. The largest absolute Gasteiger partial charge is 0.481 e. The van der Waals surface area contributed by atoms with Crippen molar-refractivity contribution in [2.24, 2.45) is 0 Å². The van der Waals surface area contributed by atoms with Gasteiger partial charge in [-0.2, -0.15) is 0 Å². The molecule has 7 heteroatoms. The molecule has 0 fully saturated rings. The molecule has 104 valence electrons. The van der Waals surface area contributed by atoms with Crippen LogP contribution in [0.15, 0.2) is 24.4 Å². The van der Waals surface area contributed by atoms with E-state index in [1.807, 2.05) is 0 Å². The van der Waals surface area contributed by atoms with Gasteiger partial charge in [-0.15, -0.1) is 0 Å². The first-order valence-electron chi connectivity index (χ1n) is 5.50. The van der Waals surface area contributed by atoms with Crippen LogP contribution >= 0.6 is 34.8 Å². The van der Waals surface area contributed by atoms with Crippen molar-refractivity contribution in [3.63, 3.8) is 0 Å². The van der Waals surface area contributed by atoms with E-state index in [1.165, 1.54) is 6.20 Å². The lowest BCUT2D eigenvalue weighted by Gasteiger charge is -2.14. The van der Waals surface area contributed by atoms with E-state index in [9.17, 15) is 4.79 Å². The fourth-order valence-corrected chi connectivity index (χ4v) is 2.59. The summed E-state index contributed by atoms with van der Waals surface area (Å²) in [5.41, 5.74) is 7.11. The highest BCUT2D eigenvalue weighted by atomic mass is 35.5. The molecule has 0 bridgehead atoms. The second kappa shape index (κ2) is 5.87. The van der Waals surface area contributed by atoms with E-state index in [2.05, 4.69) is 4.98 Å². The molecule has 4 nitrogen and oxygen atoms in total. The third kappa shape index (κ3) is 2.82. The van der Waals surface area contributed by atoms with E-state index < -0.39 is 5.97 Å². The Morgan fingerprint density at radius 3 is 2.45 bits per heavy atom. The molecule has 3 N–H and O–H groups in total. The summed E-state index contributed by atoms with van der Waals surface area (Å²) in [4.78, 5) is 14.9. The highest BCUT2D eigenvalue weighted by Crippen LogP contribution is 2.42. The Morgan fingerprint density at radius 1 is 1.15 bits per heavy atom. The van der Waals surface area contributed by atoms with Crippen LogP contribution in [0.2, 0.25) is 15.1 Å². The fourth-order valence-electron chi connectivity index (χ4n) is 1.88. The first-order chi connectivity index (χ1) is 9.41. The summed E-state index contributed by atoms with van der Waals surface area (Å²) in [6, 6.07) is 4.69. The predicted octanol–water partition coefficient (Wildman–Crippen LogP) is 3.92. The fraction of sp³-hybridized carbons (Fsp3) is 0.0769. The molecule has 0 radical (unpaired) electrons. The zero-order valence-corrected chi connectivity index (χ0v) is 12.3. The lowest BCUT2D eigenvalue weighted by atomic mass is 9.98. The highest BCUT2D eigenvalue weighted by molar-refractivity contribution is 6.46. The third-order valence-corrected chi connectivity index (χ3v) is 3.82. The first kappa shape index (κ1) is 14.9. The number of anilines is 1. The SMILES string of the molecule is Nc1nccc(CC(=O)O)c1-c1c(Cl)ccc(Cl)c1Cl. The molecule has 0 amide bonds. The Balaban J connectivity index is 2.75. The number of carbonyl (C=O) groups is 1. The molecule has 1 heterocycles. The molecule has 0 unspecified atom stereocenters. The Hall–Kier alpha value is -1.49. The van der Waals surface area contributed by atoms with Crippen molar-refractivity contribution in [3.8, 4) is 11.1 Å². The molecular weight excluding hydrogens is 323 g/mol. The minimum atomic E-state index is -0.994. The van der Waals surface area contributed by atoms with E-state index in [0.717, 1.165) is 0 Å². The van der Waals surface area contributed by atoms with Crippen LogP contribution in [0.5, 0.6) is 0 Å². The number of aromatic nitrogens is 1. The van der Waals surface area contributed by atoms with Gasteiger partial charge in [-0.1, -0.05) is 34.8 Å². The summed E-state index contributed by atoms with van der Waals surface area (Å²) in [6.45, 7) is 0. The topological polar surface area (TPSA) is 76.2 Å². The van der Waals surface area contributed by atoms with Crippen LogP contribution in [0.25, 0.3) is 11.1 Å². The standard InChI is InChI=1S/C13H9Cl3N2O2/c14-7-1-2-8(15)12(16)11(7)10-6(5-9(19)20)3-4-18-13(10)17/h1-4H,5H2,(H2,17,18)(H,19,20). The number of halogens is 3. The van der Waals surface area contributed by atoms with Gasteiger partial charge in [0.25, 0.3) is 0 Å². The molecule has 0 spiro atoms. The molecule has 0 atom stereocenters. The smallest absolute Gasteiger partial charge is 0.307 e. The van der Waals surface area contributed by atoms with E-state index in [-0.39, 0.29) is 17.3 Å². The summed E-state index contributed by atoms with van der Waals surface area (Å²) in [5.74, 6) is -0.846. The van der Waals surface area contributed by atoms with Gasteiger partial charge in [-0.3, -0.25) is 4.79 Å². The highest BCUT2D eigenvalue weighted by Gasteiger charge is 2.19. The van der Waals surface area contributed by atoms with Gasteiger partial charge in [-0.25, -0.2) is 4.98 Å². The molecule has 2 rings (SSSR count). The molecule has 0 saturated carbocycles. The number of carboxylic acids is 1. The summed E-state index contributed by atoms with van der Waals surface area (Å²) in [5, 5.41) is 9.81. The van der Waals surface area contributed by atoms with Gasteiger partial charge in [0.05, 0.1) is 21.5 Å². The van der Waals surface area contributed by atoms with Crippen LogP contribution in [0.1, 0.15) is 5.56 Å². The molecule has 1 aromatic heterocycles. The summed E-state index contributed by atoms with van der Waals surface area (Å²) < 4.78 is 0. The summed E-state index contributed by atoms with van der Waals surface area (Å²) in [6.07, 6.45) is 1.21. The minimum absolute atomic E-state index is 0.148. The van der Waals surface area contributed by atoms with Crippen molar-refractivity contribution in [1.82, 2.24) is 4.98 Å². The van der Waals surface area contributed by atoms with E-state index in [1.54, 1.807) is 18.2 Å². The van der Waals surface area contributed by atoms with Gasteiger partial charge in [0.1, 0.15) is 5.82 Å². The maximum Gasteiger partial charge on any atom is 0.307 e. The van der Waals surface area contributed by atoms with Gasteiger partial charge >= 0.3 is 5.97 Å². The van der Waals surface area contributed by atoms with Gasteiger partial charge in [0.2, 0.25) is 0 Å². The normalized spacial score (nSPS) is 10.6. The number of rotatable bonds is 3. The Bertz CT molecular complexity index is 690. The third-order valence-electron chi connectivity index (χ3n) is 2.70. The number of hydrogen-bond donors (Lipinski definition) is 2. The quantitative estimate of drug-likeness (QED) is 0.836. The van der Waals surface area contributed by atoms with E-state index >= 15 is 0 Å². The monoisotopic (exact) mass is 330 g/mol. The van der Waals surface area contributed by atoms with Gasteiger partial charge in [0.15, 0.2) is 0 Å². The van der Waals surface area contributed by atoms with Crippen LogP contribution in [0, 0.1) is 0 Å². The number of benzene rings is 1. The minimum Gasteiger partial charge on any atom is -0.481 e. The number of carboxylic acid groups (broad SMARTS) is 1. The van der Waals surface area contributed by atoms with Crippen molar-refractivity contribution in [1.29, 1.82) is 0 Å². The molecule has 0 aliphatic carbocycles. The van der Waals surface area contributed by atoms with Crippen LogP contribution < -0.4 is 5.73 Å². The number of hydrogen-bond acceptors (Lipinski definition) is 3. The van der Waals surface area contributed by atoms with Crippen molar-refractivity contribution in [2.45, 2.75) is 6.42 Å². The molecule has 1 aromatic carbocycles. The zero-order chi connectivity index (χ0) is 14.9. The van der Waals surface area contributed by atoms with Crippen molar-refractivity contribution < 1.29 is 9.90 Å². The van der Waals surface area contributed by atoms with Crippen molar-refractivity contribution >= 4 is 46.6 Å². The van der Waals surface area contributed by atoms with Crippen LogP contribution in [-0.4, -0.2) is 16.1 Å². The Morgan fingerprint density at radius 2 is 1.80 bits per heavy atom. The first-order valence-corrected chi connectivity index (χ1v) is 6.64. The van der Waals surface area contributed by atoms with Crippen LogP contribution in [0.4, 0.5) is 5.82 Å². The maximum atomic E-state index is 10.9. The maximum absolute atomic E-state index is 10.9. The molecule has 20 heavy (non-hydrogen) atoms. The number of nitrogens with zero attached hydrogens (tertiary/aromatic N) is 1. The zero-order valence-electron chi connectivity index (χ0n) is 10.0. The molecule has 0 aliphatic rings. The lowest BCUT2D eigenvalue weighted by molar-refractivity contribution is -0.136. The molecule has 0 saturated heterocycles. The number of aliphatic carboxylic acids is 1. The number of pyridine rings is 1. The predicted molar refractivity (Wildman–Crippen MR) is 80.5 cm³/mol.